The molecule has 0 radical (unpaired) electrons. The Bertz CT molecular complexity index is 1180. The Hall–Kier alpha value is -2.37. The zero-order chi connectivity index (χ0) is 19.8. The molecule has 5 rings (SSSR count). The first-order chi connectivity index (χ1) is 14.2. The number of hydrogen-bond donors (Lipinski definition) is 1. The largest absolute Gasteiger partial charge is 0.464 e. The van der Waals surface area contributed by atoms with Crippen LogP contribution in [0.3, 0.4) is 0 Å². The highest BCUT2D eigenvalue weighted by molar-refractivity contribution is 7.19. The van der Waals surface area contributed by atoms with Crippen molar-refractivity contribution in [3.63, 3.8) is 0 Å². The summed E-state index contributed by atoms with van der Waals surface area (Å²) in [6, 6.07) is 9.99. The number of halogens is 1. The lowest BCUT2D eigenvalue weighted by molar-refractivity contribution is 0.476. The van der Waals surface area contributed by atoms with Gasteiger partial charge in [0.25, 0.3) is 0 Å². The highest BCUT2D eigenvalue weighted by Gasteiger charge is 2.20. The Morgan fingerprint density at radius 2 is 2.00 bits per heavy atom. The first-order valence-electron chi connectivity index (χ1n) is 10.1. The molecule has 0 amide bonds. The van der Waals surface area contributed by atoms with Gasteiger partial charge in [-0.05, 0) is 43.4 Å². The average molecular weight is 424 g/mol. The summed E-state index contributed by atoms with van der Waals surface area (Å²) < 4.78 is 6.14. The lowest BCUT2D eigenvalue weighted by Crippen LogP contribution is -2.04. The highest BCUT2D eigenvalue weighted by atomic mass is 35.5. The minimum atomic E-state index is 0.578. The molecule has 0 atom stereocenters. The van der Waals surface area contributed by atoms with Crippen LogP contribution >= 0.6 is 22.9 Å². The Labute approximate surface area is 179 Å². The standard InChI is InChI=1S/C23H22ClN3OS/c1-2-19-17(15-7-3-5-9-18(15)24)11-14(28-19)12-25-22-21-16-8-4-6-10-20(16)29-23(21)27-13-26-22/h3,5,7,9,11,13H,2,4,6,8,10,12H2,1H3,(H,25,26,27). The van der Waals surface area contributed by atoms with Gasteiger partial charge in [0.05, 0.1) is 11.9 Å². The minimum absolute atomic E-state index is 0.578. The number of rotatable bonds is 5. The third kappa shape index (κ3) is 3.43. The molecule has 0 bridgehead atoms. The van der Waals surface area contributed by atoms with Gasteiger partial charge >= 0.3 is 0 Å². The smallest absolute Gasteiger partial charge is 0.138 e. The van der Waals surface area contributed by atoms with Crippen LogP contribution in [0, 0.1) is 0 Å². The molecule has 6 heteroatoms. The van der Waals surface area contributed by atoms with E-state index in [1.54, 1.807) is 6.33 Å². The van der Waals surface area contributed by atoms with Gasteiger partial charge in [0, 0.05) is 27.4 Å². The van der Waals surface area contributed by atoms with Crippen LogP contribution in [0.5, 0.6) is 0 Å². The lowest BCUT2D eigenvalue weighted by atomic mass is 9.97. The summed E-state index contributed by atoms with van der Waals surface area (Å²) in [5.74, 6) is 2.74. The maximum atomic E-state index is 6.42. The molecule has 1 aliphatic rings. The van der Waals surface area contributed by atoms with E-state index >= 15 is 0 Å². The van der Waals surface area contributed by atoms with Crippen molar-refractivity contribution in [1.29, 1.82) is 0 Å². The maximum Gasteiger partial charge on any atom is 0.138 e. The van der Waals surface area contributed by atoms with Crippen LogP contribution < -0.4 is 5.32 Å². The van der Waals surface area contributed by atoms with E-state index in [4.69, 9.17) is 16.0 Å². The number of thiophene rings is 1. The van der Waals surface area contributed by atoms with Crippen LogP contribution in [-0.4, -0.2) is 9.97 Å². The third-order valence-corrected chi connectivity index (χ3v) is 7.06. The zero-order valence-corrected chi connectivity index (χ0v) is 17.9. The number of furan rings is 1. The van der Waals surface area contributed by atoms with Gasteiger partial charge < -0.3 is 9.73 Å². The molecule has 0 saturated heterocycles. The van der Waals surface area contributed by atoms with Crippen LogP contribution in [0.25, 0.3) is 21.3 Å². The molecule has 4 nitrogen and oxygen atoms in total. The summed E-state index contributed by atoms with van der Waals surface area (Å²) in [6.45, 7) is 2.68. The Morgan fingerprint density at radius 1 is 1.14 bits per heavy atom. The molecule has 3 heterocycles. The molecule has 0 saturated carbocycles. The molecule has 0 unspecified atom stereocenters. The monoisotopic (exact) mass is 423 g/mol. The Balaban J connectivity index is 1.45. The van der Waals surface area contributed by atoms with Crippen molar-refractivity contribution >= 4 is 39.0 Å². The Kier molecular flexibility index (Phi) is 5.02. The summed E-state index contributed by atoms with van der Waals surface area (Å²) in [4.78, 5) is 11.6. The molecule has 4 aromatic rings. The summed E-state index contributed by atoms with van der Waals surface area (Å²) >= 11 is 8.23. The highest BCUT2D eigenvalue weighted by Crippen LogP contribution is 2.38. The predicted molar refractivity (Wildman–Crippen MR) is 120 cm³/mol. The fourth-order valence-electron chi connectivity index (χ4n) is 4.14. The minimum Gasteiger partial charge on any atom is -0.464 e. The van der Waals surface area contributed by atoms with Gasteiger partial charge in [0.15, 0.2) is 0 Å². The summed E-state index contributed by atoms with van der Waals surface area (Å²) in [7, 11) is 0. The van der Waals surface area contributed by atoms with E-state index in [0.717, 1.165) is 57.6 Å². The van der Waals surface area contributed by atoms with Crippen molar-refractivity contribution in [2.24, 2.45) is 0 Å². The normalized spacial score (nSPS) is 13.6. The molecule has 1 aromatic carbocycles. The molecule has 3 aromatic heterocycles. The van der Waals surface area contributed by atoms with Gasteiger partial charge in [-0.2, -0.15) is 0 Å². The predicted octanol–water partition coefficient (Wildman–Crippen LogP) is 6.66. The van der Waals surface area contributed by atoms with Gasteiger partial charge in [-0.25, -0.2) is 9.97 Å². The number of aromatic nitrogens is 2. The second kappa shape index (κ2) is 7.81. The van der Waals surface area contributed by atoms with Crippen molar-refractivity contribution in [3.8, 4) is 11.1 Å². The van der Waals surface area contributed by atoms with E-state index in [0.29, 0.717) is 6.54 Å². The first-order valence-corrected chi connectivity index (χ1v) is 11.3. The van der Waals surface area contributed by atoms with Gasteiger partial charge in [0.2, 0.25) is 0 Å². The van der Waals surface area contributed by atoms with Crippen LogP contribution in [0.4, 0.5) is 5.82 Å². The van der Waals surface area contributed by atoms with E-state index in [1.165, 1.54) is 28.7 Å². The second-order valence-corrected chi connectivity index (χ2v) is 8.84. The quantitative estimate of drug-likeness (QED) is 0.390. The lowest BCUT2D eigenvalue weighted by Gasteiger charge is -2.12. The van der Waals surface area contributed by atoms with E-state index in [9.17, 15) is 0 Å². The van der Waals surface area contributed by atoms with E-state index in [-0.39, 0.29) is 0 Å². The number of fused-ring (bicyclic) bond motifs is 3. The number of benzene rings is 1. The number of anilines is 1. The average Bonchev–Trinajstić information content (AvgIpc) is 3.34. The number of nitrogens with zero attached hydrogens (tertiary/aromatic N) is 2. The second-order valence-electron chi connectivity index (χ2n) is 7.35. The fraction of sp³-hybridized carbons (Fsp3) is 0.304. The third-order valence-electron chi connectivity index (χ3n) is 5.53. The van der Waals surface area contributed by atoms with Crippen LogP contribution in [0.1, 0.15) is 41.7 Å². The molecule has 0 aliphatic heterocycles. The molecule has 0 spiro atoms. The number of hydrogen-bond acceptors (Lipinski definition) is 5. The summed E-state index contributed by atoms with van der Waals surface area (Å²) in [6.07, 6.45) is 7.26. The van der Waals surface area contributed by atoms with Crippen LogP contribution in [0.15, 0.2) is 41.1 Å². The van der Waals surface area contributed by atoms with E-state index in [1.807, 2.05) is 35.6 Å². The maximum absolute atomic E-state index is 6.42. The summed E-state index contributed by atoms with van der Waals surface area (Å²) in [5.41, 5.74) is 3.51. The van der Waals surface area contributed by atoms with Gasteiger partial charge in [0.1, 0.15) is 28.5 Å². The Morgan fingerprint density at radius 3 is 2.86 bits per heavy atom. The van der Waals surface area contributed by atoms with Crippen LogP contribution in [0.2, 0.25) is 5.02 Å². The molecule has 29 heavy (non-hydrogen) atoms. The molecular weight excluding hydrogens is 402 g/mol. The van der Waals surface area contributed by atoms with Crippen molar-refractivity contribution in [1.82, 2.24) is 9.97 Å². The molecule has 0 fully saturated rings. The van der Waals surface area contributed by atoms with Gasteiger partial charge in [-0.1, -0.05) is 36.7 Å². The van der Waals surface area contributed by atoms with Crippen molar-refractivity contribution < 1.29 is 4.42 Å². The van der Waals surface area contributed by atoms with Crippen LogP contribution in [-0.2, 0) is 25.8 Å². The van der Waals surface area contributed by atoms with Crippen molar-refractivity contribution in [2.75, 3.05) is 5.32 Å². The molecule has 1 N–H and O–H groups in total. The first kappa shape index (κ1) is 18.6. The molecule has 1 aliphatic carbocycles. The number of nitrogens with one attached hydrogen (secondary N) is 1. The fourth-order valence-corrected chi connectivity index (χ4v) is 5.60. The zero-order valence-electron chi connectivity index (χ0n) is 16.3. The van der Waals surface area contributed by atoms with E-state index in [2.05, 4.69) is 28.3 Å². The van der Waals surface area contributed by atoms with Crippen molar-refractivity contribution in [2.45, 2.75) is 45.6 Å². The number of aryl methyl sites for hydroxylation is 3. The van der Waals surface area contributed by atoms with E-state index < -0.39 is 0 Å². The molecular formula is C23H22ClN3OS. The van der Waals surface area contributed by atoms with Gasteiger partial charge in [-0.15, -0.1) is 11.3 Å². The topological polar surface area (TPSA) is 51.0 Å². The molecule has 148 valence electrons. The SMILES string of the molecule is CCc1oc(CNc2ncnc3sc4c(c23)CCCC4)cc1-c1ccccc1Cl. The van der Waals surface area contributed by atoms with Crippen molar-refractivity contribution in [3.05, 3.63) is 63.6 Å². The van der Waals surface area contributed by atoms with Gasteiger partial charge in [-0.3, -0.25) is 0 Å². The summed E-state index contributed by atoms with van der Waals surface area (Å²) in [5, 5.41) is 5.44.